The molecule has 1 aromatic carbocycles. The summed E-state index contributed by atoms with van der Waals surface area (Å²) >= 11 is 0. The van der Waals surface area contributed by atoms with E-state index in [2.05, 4.69) is 0 Å². The monoisotopic (exact) mass is 166 g/mol. The van der Waals surface area contributed by atoms with Crippen molar-refractivity contribution in [2.45, 2.75) is 13.0 Å². The zero-order valence-corrected chi connectivity index (χ0v) is 7.37. The van der Waals surface area contributed by atoms with Crippen LogP contribution in [0, 0.1) is 0 Å². The van der Waals surface area contributed by atoms with Crippen LogP contribution in [-0.4, -0.2) is 7.11 Å². The Hall–Kier alpha value is -1.22. The Labute approximate surface area is 72.3 Å². The SMILES string of the molecule is COc1ccc(N)cc1[C@H](C)N. The van der Waals surface area contributed by atoms with E-state index in [9.17, 15) is 0 Å². The molecule has 0 saturated heterocycles. The van der Waals surface area contributed by atoms with Crippen LogP contribution < -0.4 is 16.2 Å². The van der Waals surface area contributed by atoms with E-state index in [1.165, 1.54) is 0 Å². The minimum absolute atomic E-state index is 0.0524. The lowest BCUT2D eigenvalue weighted by Gasteiger charge is -2.11. The zero-order valence-electron chi connectivity index (χ0n) is 7.37. The first kappa shape index (κ1) is 8.87. The van der Waals surface area contributed by atoms with Crippen LogP contribution in [0.5, 0.6) is 5.75 Å². The van der Waals surface area contributed by atoms with Crippen molar-refractivity contribution in [3.05, 3.63) is 23.8 Å². The number of nitrogens with two attached hydrogens (primary N) is 2. The molecular weight excluding hydrogens is 152 g/mol. The van der Waals surface area contributed by atoms with Gasteiger partial charge in [0.1, 0.15) is 5.75 Å². The quantitative estimate of drug-likeness (QED) is 0.651. The summed E-state index contributed by atoms with van der Waals surface area (Å²) in [6.45, 7) is 1.90. The van der Waals surface area contributed by atoms with Gasteiger partial charge in [-0.25, -0.2) is 0 Å². The highest BCUT2D eigenvalue weighted by atomic mass is 16.5. The smallest absolute Gasteiger partial charge is 0.123 e. The third kappa shape index (κ3) is 1.68. The summed E-state index contributed by atoms with van der Waals surface area (Å²) in [6.07, 6.45) is 0. The second-order valence-corrected chi connectivity index (χ2v) is 2.79. The number of ether oxygens (including phenoxy) is 1. The Morgan fingerprint density at radius 1 is 1.42 bits per heavy atom. The van der Waals surface area contributed by atoms with E-state index < -0.39 is 0 Å². The van der Waals surface area contributed by atoms with Gasteiger partial charge >= 0.3 is 0 Å². The van der Waals surface area contributed by atoms with Crippen molar-refractivity contribution in [2.75, 3.05) is 12.8 Å². The summed E-state index contributed by atoms with van der Waals surface area (Å²) in [6, 6.07) is 5.41. The number of hydrogen-bond donors (Lipinski definition) is 2. The van der Waals surface area contributed by atoms with Gasteiger partial charge in [-0.15, -0.1) is 0 Å². The van der Waals surface area contributed by atoms with Gasteiger partial charge in [-0.1, -0.05) is 0 Å². The minimum Gasteiger partial charge on any atom is -0.496 e. The van der Waals surface area contributed by atoms with Crippen LogP contribution in [0.1, 0.15) is 18.5 Å². The molecule has 3 nitrogen and oxygen atoms in total. The molecule has 0 bridgehead atoms. The van der Waals surface area contributed by atoms with Gasteiger partial charge in [0.2, 0.25) is 0 Å². The van der Waals surface area contributed by atoms with E-state index in [1.54, 1.807) is 13.2 Å². The number of rotatable bonds is 2. The third-order valence-electron chi connectivity index (χ3n) is 1.74. The van der Waals surface area contributed by atoms with Gasteiger partial charge in [0.25, 0.3) is 0 Å². The molecule has 1 atom stereocenters. The molecule has 0 aromatic heterocycles. The number of anilines is 1. The molecule has 0 fully saturated rings. The second kappa shape index (κ2) is 3.45. The highest BCUT2D eigenvalue weighted by Crippen LogP contribution is 2.25. The fourth-order valence-corrected chi connectivity index (χ4v) is 1.11. The lowest BCUT2D eigenvalue weighted by Crippen LogP contribution is -2.07. The summed E-state index contributed by atoms with van der Waals surface area (Å²) in [5, 5.41) is 0. The topological polar surface area (TPSA) is 61.3 Å². The van der Waals surface area contributed by atoms with Crippen molar-refractivity contribution < 1.29 is 4.74 Å². The third-order valence-corrected chi connectivity index (χ3v) is 1.74. The Morgan fingerprint density at radius 2 is 2.08 bits per heavy atom. The summed E-state index contributed by atoms with van der Waals surface area (Å²) in [7, 11) is 1.62. The maximum absolute atomic E-state index is 5.72. The van der Waals surface area contributed by atoms with Gasteiger partial charge in [-0.2, -0.15) is 0 Å². The summed E-state index contributed by atoms with van der Waals surface area (Å²) in [5.41, 5.74) is 13.0. The van der Waals surface area contributed by atoms with Crippen molar-refractivity contribution in [1.29, 1.82) is 0 Å². The maximum Gasteiger partial charge on any atom is 0.123 e. The van der Waals surface area contributed by atoms with Crippen LogP contribution in [-0.2, 0) is 0 Å². The lowest BCUT2D eigenvalue weighted by atomic mass is 10.1. The molecule has 0 aliphatic carbocycles. The molecule has 0 saturated carbocycles. The molecule has 0 unspecified atom stereocenters. The van der Waals surface area contributed by atoms with Crippen LogP contribution in [0.25, 0.3) is 0 Å². The number of benzene rings is 1. The van der Waals surface area contributed by atoms with E-state index in [0.717, 1.165) is 11.3 Å². The maximum atomic E-state index is 5.72. The molecule has 1 aromatic rings. The summed E-state index contributed by atoms with van der Waals surface area (Å²) < 4.78 is 5.13. The number of hydrogen-bond acceptors (Lipinski definition) is 3. The lowest BCUT2D eigenvalue weighted by molar-refractivity contribution is 0.407. The van der Waals surface area contributed by atoms with Gasteiger partial charge < -0.3 is 16.2 Å². The Kier molecular flexibility index (Phi) is 2.55. The Morgan fingerprint density at radius 3 is 2.58 bits per heavy atom. The zero-order chi connectivity index (χ0) is 9.14. The van der Waals surface area contributed by atoms with Crippen molar-refractivity contribution in [1.82, 2.24) is 0 Å². The van der Waals surface area contributed by atoms with Crippen molar-refractivity contribution in [2.24, 2.45) is 5.73 Å². The summed E-state index contributed by atoms with van der Waals surface area (Å²) in [5.74, 6) is 0.791. The first-order valence-electron chi connectivity index (χ1n) is 3.84. The average molecular weight is 166 g/mol. The van der Waals surface area contributed by atoms with Gasteiger partial charge in [0.15, 0.2) is 0 Å². The largest absolute Gasteiger partial charge is 0.496 e. The minimum atomic E-state index is -0.0524. The van der Waals surface area contributed by atoms with E-state index in [-0.39, 0.29) is 6.04 Å². The van der Waals surface area contributed by atoms with Crippen LogP contribution in [0.2, 0.25) is 0 Å². The van der Waals surface area contributed by atoms with Gasteiger partial charge in [0, 0.05) is 17.3 Å². The Bertz CT molecular complexity index is 271. The number of nitrogen functional groups attached to an aromatic ring is 1. The normalized spacial score (nSPS) is 12.6. The van der Waals surface area contributed by atoms with E-state index in [0.29, 0.717) is 5.69 Å². The van der Waals surface area contributed by atoms with Gasteiger partial charge in [-0.3, -0.25) is 0 Å². The molecule has 0 radical (unpaired) electrons. The molecule has 66 valence electrons. The standard InChI is InChI=1S/C9H14N2O/c1-6(10)8-5-7(11)3-4-9(8)12-2/h3-6H,10-11H2,1-2H3/t6-/m0/s1. The average Bonchev–Trinajstić information content (AvgIpc) is 2.04. The first-order chi connectivity index (χ1) is 5.65. The number of methoxy groups -OCH3 is 1. The van der Waals surface area contributed by atoms with Gasteiger partial charge in [-0.05, 0) is 25.1 Å². The molecule has 12 heavy (non-hydrogen) atoms. The fourth-order valence-electron chi connectivity index (χ4n) is 1.11. The molecular formula is C9H14N2O. The molecule has 0 heterocycles. The molecule has 0 amide bonds. The predicted octanol–water partition coefficient (Wildman–Crippen LogP) is 1.30. The molecule has 0 aliphatic heterocycles. The van der Waals surface area contributed by atoms with Crippen molar-refractivity contribution >= 4 is 5.69 Å². The Balaban J connectivity index is 3.12. The molecule has 1 rings (SSSR count). The predicted molar refractivity (Wildman–Crippen MR) is 50.0 cm³/mol. The van der Waals surface area contributed by atoms with Crippen LogP contribution in [0.4, 0.5) is 5.69 Å². The van der Waals surface area contributed by atoms with Crippen molar-refractivity contribution in [3.63, 3.8) is 0 Å². The van der Waals surface area contributed by atoms with Gasteiger partial charge in [0.05, 0.1) is 7.11 Å². The summed E-state index contributed by atoms with van der Waals surface area (Å²) in [4.78, 5) is 0. The van der Waals surface area contributed by atoms with Crippen LogP contribution in [0.15, 0.2) is 18.2 Å². The highest BCUT2D eigenvalue weighted by Gasteiger charge is 2.06. The molecule has 0 aliphatic rings. The van der Waals surface area contributed by atoms with Crippen LogP contribution >= 0.6 is 0 Å². The highest BCUT2D eigenvalue weighted by molar-refractivity contribution is 5.48. The molecule has 0 spiro atoms. The van der Waals surface area contributed by atoms with Crippen molar-refractivity contribution in [3.8, 4) is 5.75 Å². The molecule has 3 heteroatoms. The second-order valence-electron chi connectivity index (χ2n) is 2.79. The van der Waals surface area contributed by atoms with E-state index in [1.807, 2.05) is 19.1 Å². The van der Waals surface area contributed by atoms with E-state index >= 15 is 0 Å². The first-order valence-corrected chi connectivity index (χ1v) is 3.84. The fraction of sp³-hybridized carbons (Fsp3) is 0.333. The van der Waals surface area contributed by atoms with E-state index in [4.69, 9.17) is 16.2 Å². The molecule has 4 N–H and O–H groups in total. The van der Waals surface area contributed by atoms with Crippen LogP contribution in [0.3, 0.4) is 0 Å².